The van der Waals surface area contributed by atoms with Crippen LogP contribution in [0.4, 0.5) is 5.82 Å². The van der Waals surface area contributed by atoms with Gasteiger partial charge in [0, 0.05) is 35.9 Å². The number of furan rings is 1. The van der Waals surface area contributed by atoms with Gasteiger partial charge in [0.15, 0.2) is 5.65 Å². The highest BCUT2D eigenvalue weighted by Crippen LogP contribution is 2.28. The van der Waals surface area contributed by atoms with Crippen LogP contribution >= 0.6 is 11.6 Å². The Balaban J connectivity index is 1.40. The molecular formula is C21H19BClN5O2. The number of amides is 1. The summed E-state index contributed by atoms with van der Waals surface area (Å²) < 4.78 is 6.59. The number of unbranched alkanes of at least 4 members (excludes halogenated alkanes) is 1. The Hall–Kier alpha value is -3.26. The highest BCUT2D eigenvalue weighted by atomic mass is 35.5. The molecule has 2 radical (unpaired) electrons. The number of nitrogens with one attached hydrogen (secondary N) is 2. The maximum absolute atomic E-state index is 11.9. The average Bonchev–Trinajstić information content (AvgIpc) is 3.41. The van der Waals surface area contributed by atoms with Gasteiger partial charge < -0.3 is 15.1 Å². The molecule has 0 atom stereocenters. The van der Waals surface area contributed by atoms with E-state index in [1.165, 1.54) is 12.5 Å². The minimum Gasteiger partial charge on any atom is -0.472 e. The normalized spacial score (nSPS) is 11.0. The Morgan fingerprint density at radius 1 is 1.20 bits per heavy atom. The molecular weight excluding hydrogens is 401 g/mol. The fraction of sp³-hybridized carbons (Fsp3) is 0.190. The van der Waals surface area contributed by atoms with E-state index in [1.54, 1.807) is 16.8 Å². The highest BCUT2D eigenvalue weighted by molar-refractivity contribution is 6.36. The third-order valence-corrected chi connectivity index (χ3v) is 4.96. The molecule has 0 aliphatic carbocycles. The molecule has 9 heteroatoms. The standard InChI is InChI=1S/C21H19BClN5O2/c22-16-12-26-28-19(11-18(27-20(16)28)15-5-1-2-6-17(15)23)24-8-3-4-9-25-21(29)14-7-10-30-13-14/h1-2,5-7,10-13,24H,3-4,8-9H2,(H,25,29). The molecule has 0 bridgehead atoms. The van der Waals surface area contributed by atoms with Gasteiger partial charge in [-0.25, -0.2) is 4.98 Å². The van der Waals surface area contributed by atoms with Crippen molar-refractivity contribution >= 4 is 42.3 Å². The number of rotatable bonds is 8. The predicted octanol–water partition coefficient (Wildman–Crippen LogP) is 3.06. The molecule has 3 aromatic heterocycles. The molecule has 0 aliphatic heterocycles. The Morgan fingerprint density at radius 3 is 2.83 bits per heavy atom. The van der Waals surface area contributed by atoms with Crippen molar-refractivity contribution in [2.24, 2.45) is 0 Å². The van der Waals surface area contributed by atoms with E-state index >= 15 is 0 Å². The summed E-state index contributed by atoms with van der Waals surface area (Å²) >= 11 is 6.35. The van der Waals surface area contributed by atoms with E-state index in [4.69, 9.17) is 23.9 Å². The van der Waals surface area contributed by atoms with Crippen molar-refractivity contribution in [3.8, 4) is 11.3 Å². The maximum Gasteiger partial charge on any atom is 0.254 e. The minimum absolute atomic E-state index is 0.135. The van der Waals surface area contributed by atoms with Gasteiger partial charge >= 0.3 is 0 Å². The molecule has 4 rings (SSSR count). The number of aromatic nitrogens is 3. The number of halogens is 1. The largest absolute Gasteiger partial charge is 0.472 e. The minimum atomic E-state index is -0.135. The lowest BCUT2D eigenvalue weighted by atomic mass is 10.0. The number of carbonyl (C=O) groups is 1. The van der Waals surface area contributed by atoms with Gasteiger partial charge in [0.1, 0.15) is 19.9 Å². The summed E-state index contributed by atoms with van der Waals surface area (Å²) in [7, 11) is 6.04. The Kier molecular flexibility index (Phi) is 6.04. The first-order valence-corrected chi connectivity index (χ1v) is 9.94. The van der Waals surface area contributed by atoms with Gasteiger partial charge in [-0.1, -0.05) is 29.8 Å². The molecule has 30 heavy (non-hydrogen) atoms. The van der Waals surface area contributed by atoms with Crippen LogP contribution in [0.2, 0.25) is 5.02 Å². The smallest absolute Gasteiger partial charge is 0.254 e. The summed E-state index contributed by atoms with van der Waals surface area (Å²) in [5, 5.41) is 11.2. The van der Waals surface area contributed by atoms with Gasteiger partial charge in [-0.3, -0.25) is 4.79 Å². The summed E-state index contributed by atoms with van der Waals surface area (Å²) in [4.78, 5) is 16.5. The SMILES string of the molecule is [B]c1cnn2c(NCCCCNC(=O)c3ccoc3)cc(-c3ccccc3Cl)nc12. The van der Waals surface area contributed by atoms with E-state index in [2.05, 4.69) is 20.7 Å². The van der Waals surface area contributed by atoms with Gasteiger partial charge in [0.05, 0.1) is 17.5 Å². The summed E-state index contributed by atoms with van der Waals surface area (Å²) in [6.45, 7) is 1.28. The van der Waals surface area contributed by atoms with Crippen molar-refractivity contribution < 1.29 is 9.21 Å². The first-order valence-electron chi connectivity index (χ1n) is 9.57. The van der Waals surface area contributed by atoms with Gasteiger partial charge in [-0.15, -0.1) is 0 Å². The lowest BCUT2D eigenvalue weighted by Crippen LogP contribution is -2.24. The van der Waals surface area contributed by atoms with E-state index in [1.807, 2.05) is 30.3 Å². The molecule has 1 aromatic carbocycles. The van der Waals surface area contributed by atoms with Crippen LogP contribution < -0.4 is 16.1 Å². The molecule has 0 aliphatic rings. The number of benzene rings is 1. The number of fused-ring (bicyclic) bond motifs is 1. The van der Waals surface area contributed by atoms with Crippen LogP contribution in [0, 0.1) is 0 Å². The van der Waals surface area contributed by atoms with Crippen molar-refractivity contribution in [3.05, 3.63) is 65.7 Å². The second kappa shape index (κ2) is 9.05. The third kappa shape index (κ3) is 4.33. The monoisotopic (exact) mass is 419 g/mol. The molecule has 0 unspecified atom stereocenters. The topological polar surface area (TPSA) is 84.5 Å². The molecule has 1 amide bonds. The van der Waals surface area contributed by atoms with Crippen LogP contribution in [0.15, 0.2) is 59.5 Å². The van der Waals surface area contributed by atoms with E-state index in [0.29, 0.717) is 34.8 Å². The predicted molar refractivity (Wildman–Crippen MR) is 118 cm³/mol. The fourth-order valence-corrected chi connectivity index (χ4v) is 3.31. The van der Waals surface area contributed by atoms with Crippen LogP contribution in [0.5, 0.6) is 0 Å². The molecule has 0 fully saturated rings. The summed E-state index contributed by atoms with van der Waals surface area (Å²) in [5.41, 5.74) is 3.13. The summed E-state index contributed by atoms with van der Waals surface area (Å²) in [6, 6.07) is 11.1. The number of anilines is 1. The third-order valence-electron chi connectivity index (χ3n) is 4.63. The second-order valence-electron chi connectivity index (χ2n) is 6.74. The van der Waals surface area contributed by atoms with E-state index in [0.717, 1.165) is 29.9 Å². The lowest BCUT2D eigenvalue weighted by Gasteiger charge is -2.12. The van der Waals surface area contributed by atoms with E-state index in [-0.39, 0.29) is 5.91 Å². The highest BCUT2D eigenvalue weighted by Gasteiger charge is 2.12. The van der Waals surface area contributed by atoms with E-state index in [9.17, 15) is 4.79 Å². The lowest BCUT2D eigenvalue weighted by molar-refractivity contribution is 0.0952. The van der Waals surface area contributed by atoms with E-state index < -0.39 is 0 Å². The Morgan fingerprint density at radius 2 is 2.03 bits per heavy atom. The molecule has 150 valence electrons. The van der Waals surface area contributed by atoms with Crippen LogP contribution in [0.25, 0.3) is 16.9 Å². The second-order valence-corrected chi connectivity index (χ2v) is 7.15. The quantitative estimate of drug-likeness (QED) is 0.339. The molecule has 7 nitrogen and oxygen atoms in total. The zero-order valence-electron chi connectivity index (χ0n) is 16.1. The number of carbonyl (C=O) groups excluding carboxylic acids is 1. The van der Waals surface area contributed by atoms with Gasteiger partial charge in [-0.2, -0.15) is 9.61 Å². The molecule has 4 aromatic rings. The molecule has 0 saturated heterocycles. The zero-order valence-corrected chi connectivity index (χ0v) is 16.9. The summed E-state index contributed by atoms with van der Waals surface area (Å²) in [6.07, 6.45) is 6.16. The molecule has 0 spiro atoms. The first kappa shape index (κ1) is 20.0. The molecule has 3 heterocycles. The Labute approximate surface area is 179 Å². The Bertz CT molecular complexity index is 1160. The summed E-state index contributed by atoms with van der Waals surface area (Å²) in [5.74, 6) is 0.637. The zero-order chi connectivity index (χ0) is 20.9. The van der Waals surface area contributed by atoms with Crippen molar-refractivity contribution in [1.29, 1.82) is 0 Å². The van der Waals surface area contributed by atoms with Crippen LogP contribution in [-0.4, -0.2) is 41.4 Å². The maximum atomic E-state index is 11.9. The van der Waals surface area contributed by atoms with Gasteiger partial charge in [0.25, 0.3) is 5.91 Å². The van der Waals surface area contributed by atoms with Crippen LogP contribution in [-0.2, 0) is 0 Å². The fourth-order valence-electron chi connectivity index (χ4n) is 3.08. The van der Waals surface area contributed by atoms with Crippen LogP contribution in [0.1, 0.15) is 23.2 Å². The van der Waals surface area contributed by atoms with Crippen molar-refractivity contribution in [2.75, 3.05) is 18.4 Å². The molecule has 0 saturated carbocycles. The first-order chi connectivity index (χ1) is 14.6. The van der Waals surface area contributed by atoms with Gasteiger partial charge in [-0.05, 0) is 30.4 Å². The average molecular weight is 420 g/mol. The van der Waals surface area contributed by atoms with Gasteiger partial charge in [0.2, 0.25) is 0 Å². The van der Waals surface area contributed by atoms with Crippen molar-refractivity contribution in [1.82, 2.24) is 19.9 Å². The number of hydrogen-bond acceptors (Lipinski definition) is 5. The number of nitrogens with zero attached hydrogens (tertiary/aromatic N) is 3. The molecule has 2 N–H and O–H groups in total. The number of hydrogen-bond donors (Lipinski definition) is 2. The van der Waals surface area contributed by atoms with Crippen LogP contribution in [0.3, 0.4) is 0 Å². The van der Waals surface area contributed by atoms with Crippen molar-refractivity contribution in [2.45, 2.75) is 12.8 Å². The van der Waals surface area contributed by atoms with Crippen molar-refractivity contribution in [3.63, 3.8) is 0 Å².